The zero-order valence-corrected chi connectivity index (χ0v) is 13.9. The summed E-state index contributed by atoms with van der Waals surface area (Å²) in [7, 11) is 0. The van der Waals surface area contributed by atoms with Gasteiger partial charge in [-0.2, -0.15) is 0 Å². The summed E-state index contributed by atoms with van der Waals surface area (Å²) in [6.07, 6.45) is 4.34. The van der Waals surface area contributed by atoms with Gasteiger partial charge in [0.2, 0.25) is 0 Å². The van der Waals surface area contributed by atoms with E-state index in [0.29, 0.717) is 11.5 Å². The quantitative estimate of drug-likeness (QED) is 0.515. The Morgan fingerprint density at radius 3 is 2.62 bits per heavy atom. The first-order valence-corrected chi connectivity index (χ1v) is 8.15. The SMILES string of the molecule is CC(C)Cc1[nH]c2ccc(O)cc2c1/C=C/C(=O)c1ccccc1. The topological polar surface area (TPSA) is 53.1 Å². The second-order valence-corrected chi connectivity index (χ2v) is 6.41. The number of aromatic hydroxyl groups is 1. The molecule has 122 valence electrons. The summed E-state index contributed by atoms with van der Waals surface area (Å²) in [6.45, 7) is 4.32. The Morgan fingerprint density at radius 1 is 1.17 bits per heavy atom. The van der Waals surface area contributed by atoms with Gasteiger partial charge in [-0.25, -0.2) is 0 Å². The minimum absolute atomic E-state index is 0.0272. The number of phenolic OH excluding ortho intramolecular Hbond substituents is 1. The number of benzene rings is 2. The predicted molar refractivity (Wildman–Crippen MR) is 98.3 cm³/mol. The summed E-state index contributed by atoms with van der Waals surface area (Å²) in [4.78, 5) is 15.7. The highest BCUT2D eigenvalue weighted by Gasteiger charge is 2.12. The van der Waals surface area contributed by atoms with Crippen LogP contribution in [-0.2, 0) is 6.42 Å². The van der Waals surface area contributed by atoms with Gasteiger partial charge in [-0.15, -0.1) is 0 Å². The van der Waals surface area contributed by atoms with Crippen molar-refractivity contribution >= 4 is 22.8 Å². The molecule has 24 heavy (non-hydrogen) atoms. The van der Waals surface area contributed by atoms with Crippen LogP contribution in [0.1, 0.15) is 35.5 Å². The molecule has 0 bridgehead atoms. The van der Waals surface area contributed by atoms with Crippen molar-refractivity contribution in [3.05, 3.63) is 71.4 Å². The largest absolute Gasteiger partial charge is 0.508 e. The number of nitrogens with one attached hydrogen (secondary N) is 1. The van der Waals surface area contributed by atoms with Crippen molar-refractivity contribution in [3.63, 3.8) is 0 Å². The lowest BCUT2D eigenvalue weighted by molar-refractivity contribution is 0.104. The number of fused-ring (bicyclic) bond motifs is 1. The Kier molecular flexibility index (Phi) is 4.52. The van der Waals surface area contributed by atoms with E-state index < -0.39 is 0 Å². The van der Waals surface area contributed by atoms with Gasteiger partial charge >= 0.3 is 0 Å². The van der Waals surface area contributed by atoms with Crippen molar-refractivity contribution < 1.29 is 9.90 Å². The Hall–Kier alpha value is -2.81. The standard InChI is InChI=1S/C21H21NO2/c1-14(2)12-20-17(18-13-16(23)8-10-19(18)22-20)9-11-21(24)15-6-4-3-5-7-15/h3-11,13-14,22-23H,12H2,1-2H3/b11-9+. The highest BCUT2D eigenvalue weighted by Crippen LogP contribution is 2.28. The molecule has 0 aliphatic carbocycles. The van der Waals surface area contributed by atoms with Gasteiger partial charge in [0.1, 0.15) is 5.75 Å². The van der Waals surface area contributed by atoms with Gasteiger partial charge < -0.3 is 10.1 Å². The molecule has 1 heterocycles. The Balaban J connectivity index is 2.01. The summed E-state index contributed by atoms with van der Waals surface area (Å²) in [5.74, 6) is 0.686. The normalized spacial score (nSPS) is 11.6. The maximum Gasteiger partial charge on any atom is 0.185 e. The van der Waals surface area contributed by atoms with E-state index in [-0.39, 0.29) is 11.5 Å². The van der Waals surface area contributed by atoms with Gasteiger partial charge in [-0.05, 0) is 42.7 Å². The number of hydrogen-bond acceptors (Lipinski definition) is 2. The van der Waals surface area contributed by atoms with Crippen molar-refractivity contribution in [1.82, 2.24) is 4.98 Å². The first kappa shape index (κ1) is 16.1. The molecule has 0 fully saturated rings. The van der Waals surface area contributed by atoms with Crippen molar-refractivity contribution in [3.8, 4) is 5.75 Å². The number of rotatable bonds is 5. The average Bonchev–Trinajstić information content (AvgIpc) is 2.89. The molecule has 3 heteroatoms. The number of carbonyl (C=O) groups excluding carboxylic acids is 1. The molecule has 0 aliphatic rings. The highest BCUT2D eigenvalue weighted by molar-refractivity contribution is 6.08. The molecule has 0 atom stereocenters. The number of ketones is 1. The van der Waals surface area contributed by atoms with Crippen LogP contribution in [0, 0.1) is 5.92 Å². The van der Waals surface area contributed by atoms with Crippen LogP contribution < -0.4 is 0 Å². The fourth-order valence-electron chi connectivity index (χ4n) is 2.87. The van der Waals surface area contributed by atoms with Gasteiger partial charge in [0.25, 0.3) is 0 Å². The summed E-state index contributed by atoms with van der Waals surface area (Å²) in [5, 5.41) is 10.7. The molecule has 3 nitrogen and oxygen atoms in total. The maximum atomic E-state index is 12.3. The van der Waals surface area contributed by atoms with Gasteiger partial charge in [0, 0.05) is 27.7 Å². The second-order valence-electron chi connectivity index (χ2n) is 6.41. The third-order valence-corrected chi connectivity index (χ3v) is 3.98. The molecule has 0 radical (unpaired) electrons. The fraction of sp³-hybridized carbons (Fsp3) is 0.190. The van der Waals surface area contributed by atoms with Crippen LogP contribution in [0.3, 0.4) is 0 Å². The minimum atomic E-state index is -0.0272. The second kappa shape index (κ2) is 6.75. The molecule has 3 rings (SSSR count). The van der Waals surface area contributed by atoms with Crippen LogP contribution in [-0.4, -0.2) is 15.9 Å². The molecule has 3 aromatic rings. The average molecular weight is 319 g/mol. The molecule has 0 spiro atoms. The van der Waals surface area contributed by atoms with Crippen LogP contribution in [0.15, 0.2) is 54.6 Å². The Bertz CT molecular complexity index is 889. The summed E-state index contributed by atoms with van der Waals surface area (Å²) in [6, 6.07) is 14.5. The first-order valence-electron chi connectivity index (χ1n) is 8.15. The smallest absolute Gasteiger partial charge is 0.185 e. The van der Waals surface area contributed by atoms with E-state index in [9.17, 15) is 9.90 Å². The van der Waals surface area contributed by atoms with E-state index in [0.717, 1.165) is 28.6 Å². The monoisotopic (exact) mass is 319 g/mol. The minimum Gasteiger partial charge on any atom is -0.508 e. The molecule has 0 unspecified atom stereocenters. The molecular formula is C21H21NO2. The van der Waals surface area contributed by atoms with E-state index in [4.69, 9.17) is 0 Å². The summed E-state index contributed by atoms with van der Waals surface area (Å²) >= 11 is 0. The summed E-state index contributed by atoms with van der Waals surface area (Å²) in [5.41, 5.74) is 3.69. The lowest BCUT2D eigenvalue weighted by Crippen LogP contribution is -1.97. The molecule has 2 aromatic carbocycles. The molecule has 2 N–H and O–H groups in total. The van der Waals surface area contributed by atoms with Crippen LogP contribution in [0.5, 0.6) is 5.75 Å². The molecule has 0 aliphatic heterocycles. The lowest BCUT2D eigenvalue weighted by atomic mass is 10.0. The number of H-pyrrole nitrogens is 1. The predicted octanol–water partition coefficient (Wildman–Crippen LogP) is 4.97. The van der Waals surface area contributed by atoms with Crippen LogP contribution in [0.25, 0.3) is 17.0 Å². The fourth-order valence-corrected chi connectivity index (χ4v) is 2.87. The highest BCUT2D eigenvalue weighted by atomic mass is 16.3. The molecular weight excluding hydrogens is 298 g/mol. The van der Waals surface area contributed by atoms with Crippen molar-refractivity contribution in [2.45, 2.75) is 20.3 Å². The maximum absolute atomic E-state index is 12.3. The third kappa shape index (κ3) is 3.40. The van der Waals surface area contributed by atoms with Crippen LogP contribution >= 0.6 is 0 Å². The lowest BCUT2D eigenvalue weighted by Gasteiger charge is -2.04. The third-order valence-electron chi connectivity index (χ3n) is 3.98. The first-order chi connectivity index (χ1) is 11.5. The van der Waals surface area contributed by atoms with Crippen molar-refractivity contribution in [2.75, 3.05) is 0 Å². The molecule has 0 saturated heterocycles. The van der Waals surface area contributed by atoms with Gasteiger partial charge in [0.05, 0.1) is 0 Å². The summed E-state index contributed by atoms with van der Waals surface area (Å²) < 4.78 is 0. The number of hydrogen-bond donors (Lipinski definition) is 2. The van der Waals surface area contributed by atoms with Crippen molar-refractivity contribution in [2.24, 2.45) is 5.92 Å². The van der Waals surface area contributed by atoms with E-state index >= 15 is 0 Å². The number of carbonyl (C=O) groups is 1. The zero-order valence-electron chi connectivity index (χ0n) is 13.9. The van der Waals surface area contributed by atoms with E-state index in [1.807, 2.05) is 42.5 Å². The number of aromatic nitrogens is 1. The van der Waals surface area contributed by atoms with Gasteiger partial charge in [-0.3, -0.25) is 4.79 Å². The van der Waals surface area contributed by atoms with Crippen LogP contribution in [0.4, 0.5) is 0 Å². The Morgan fingerprint density at radius 2 is 1.92 bits per heavy atom. The zero-order chi connectivity index (χ0) is 17.1. The number of allylic oxidation sites excluding steroid dienone is 1. The van der Waals surface area contributed by atoms with Gasteiger partial charge in [0.15, 0.2) is 5.78 Å². The van der Waals surface area contributed by atoms with E-state index in [2.05, 4.69) is 18.8 Å². The molecule has 0 saturated carbocycles. The van der Waals surface area contributed by atoms with Gasteiger partial charge in [-0.1, -0.05) is 44.2 Å². The molecule has 1 aromatic heterocycles. The number of aromatic amines is 1. The molecule has 0 amide bonds. The van der Waals surface area contributed by atoms with E-state index in [1.165, 1.54) is 0 Å². The van der Waals surface area contributed by atoms with E-state index in [1.54, 1.807) is 18.2 Å². The van der Waals surface area contributed by atoms with Crippen molar-refractivity contribution in [1.29, 1.82) is 0 Å². The Labute approximate surface area is 141 Å². The number of phenols is 1. The van der Waals surface area contributed by atoms with Crippen LogP contribution in [0.2, 0.25) is 0 Å².